The van der Waals surface area contributed by atoms with Crippen molar-refractivity contribution in [2.45, 2.75) is 26.2 Å². The van der Waals surface area contributed by atoms with E-state index in [2.05, 4.69) is 16.2 Å². The van der Waals surface area contributed by atoms with Crippen LogP contribution in [-0.2, 0) is 0 Å². The number of unbranched alkanes of at least 4 members (excludes halogenated alkanes) is 2. The highest BCUT2D eigenvalue weighted by Gasteiger charge is 2.17. The van der Waals surface area contributed by atoms with Crippen molar-refractivity contribution >= 4 is 11.5 Å². The number of nitrogens with zero attached hydrogens (tertiary/aromatic N) is 2. The Labute approximate surface area is 100 Å². The molecule has 0 aliphatic heterocycles. The zero-order valence-corrected chi connectivity index (χ0v) is 9.77. The average molecular weight is 233 g/mol. The van der Waals surface area contributed by atoms with Gasteiger partial charge in [-0.25, -0.2) is 4.98 Å². The van der Waals surface area contributed by atoms with E-state index in [1.807, 2.05) is 0 Å². The molecule has 0 spiro atoms. The molecule has 0 atom stereocenters. The van der Waals surface area contributed by atoms with E-state index >= 15 is 0 Å². The van der Waals surface area contributed by atoms with Crippen LogP contribution in [0.4, 0.5) is 11.5 Å². The predicted molar refractivity (Wildman–Crippen MR) is 66.8 cm³/mol. The first-order valence-corrected chi connectivity index (χ1v) is 5.44. The van der Waals surface area contributed by atoms with E-state index in [4.69, 9.17) is 6.42 Å². The van der Waals surface area contributed by atoms with Crippen molar-refractivity contribution in [3.63, 3.8) is 0 Å². The number of hydrogen-bond donors (Lipinski definition) is 1. The van der Waals surface area contributed by atoms with Crippen molar-refractivity contribution in [3.05, 3.63) is 27.9 Å². The van der Waals surface area contributed by atoms with Crippen LogP contribution >= 0.6 is 0 Å². The zero-order chi connectivity index (χ0) is 12.7. The van der Waals surface area contributed by atoms with Crippen LogP contribution in [0.3, 0.4) is 0 Å². The molecule has 0 bridgehead atoms. The molecule has 0 amide bonds. The van der Waals surface area contributed by atoms with Crippen molar-refractivity contribution in [2.24, 2.45) is 0 Å². The second-order valence-electron chi connectivity index (χ2n) is 3.67. The molecule has 0 aromatic carbocycles. The van der Waals surface area contributed by atoms with Gasteiger partial charge in [-0.15, -0.1) is 12.3 Å². The van der Waals surface area contributed by atoms with Crippen molar-refractivity contribution in [1.29, 1.82) is 0 Å². The lowest BCUT2D eigenvalue weighted by atomic mass is 10.2. The topological polar surface area (TPSA) is 68.1 Å². The normalized spacial score (nSPS) is 9.65. The number of nitrogens with one attached hydrogen (secondary N) is 1. The third-order valence-corrected chi connectivity index (χ3v) is 2.35. The van der Waals surface area contributed by atoms with Crippen LogP contribution < -0.4 is 5.32 Å². The van der Waals surface area contributed by atoms with Gasteiger partial charge in [-0.05, 0) is 25.8 Å². The Morgan fingerprint density at radius 3 is 3.00 bits per heavy atom. The molecule has 1 heterocycles. The summed E-state index contributed by atoms with van der Waals surface area (Å²) in [6.07, 6.45) is 9.20. The second-order valence-corrected chi connectivity index (χ2v) is 3.67. The van der Waals surface area contributed by atoms with Gasteiger partial charge in [0.15, 0.2) is 0 Å². The number of anilines is 1. The molecule has 0 aliphatic rings. The SMILES string of the molecule is C#CCCCCNc1nccc(C)c1[N+](=O)[O-]. The maximum Gasteiger partial charge on any atom is 0.314 e. The number of nitro groups is 1. The minimum absolute atomic E-state index is 0.0458. The van der Waals surface area contributed by atoms with E-state index in [0.717, 1.165) is 19.3 Å². The molecule has 5 heteroatoms. The molecule has 1 aromatic rings. The van der Waals surface area contributed by atoms with E-state index in [1.54, 1.807) is 19.2 Å². The summed E-state index contributed by atoms with van der Waals surface area (Å²) in [6, 6.07) is 1.63. The fourth-order valence-corrected chi connectivity index (χ4v) is 1.47. The lowest BCUT2D eigenvalue weighted by Crippen LogP contribution is -2.07. The van der Waals surface area contributed by atoms with Crippen molar-refractivity contribution in [2.75, 3.05) is 11.9 Å². The molecular formula is C12H15N3O2. The summed E-state index contributed by atoms with van der Waals surface area (Å²) < 4.78 is 0. The maximum atomic E-state index is 10.9. The Morgan fingerprint density at radius 1 is 1.59 bits per heavy atom. The summed E-state index contributed by atoms with van der Waals surface area (Å²) in [5.74, 6) is 2.88. The first-order chi connectivity index (χ1) is 8.16. The number of rotatable bonds is 6. The van der Waals surface area contributed by atoms with Crippen LogP contribution in [0.5, 0.6) is 0 Å². The molecule has 1 N–H and O–H groups in total. The predicted octanol–water partition coefficient (Wildman–Crippen LogP) is 2.51. The fraction of sp³-hybridized carbons (Fsp3) is 0.417. The standard InChI is InChI=1S/C12H15N3O2/c1-3-4-5-6-8-13-12-11(15(16)17)10(2)7-9-14-12/h1,7,9H,4-6,8H2,2H3,(H,13,14). The van der Waals surface area contributed by atoms with Crippen LogP contribution in [0.25, 0.3) is 0 Å². The van der Waals surface area contributed by atoms with Gasteiger partial charge in [0.1, 0.15) is 0 Å². The molecule has 90 valence electrons. The van der Waals surface area contributed by atoms with Gasteiger partial charge in [-0.2, -0.15) is 0 Å². The average Bonchev–Trinajstić information content (AvgIpc) is 2.28. The number of terminal acetylenes is 1. The zero-order valence-electron chi connectivity index (χ0n) is 9.77. The van der Waals surface area contributed by atoms with Crippen LogP contribution in [-0.4, -0.2) is 16.5 Å². The Balaban J connectivity index is 2.62. The second kappa shape index (κ2) is 6.48. The first-order valence-electron chi connectivity index (χ1n) is 5.44. The third kappa shape index (κ3) is 3.76. The number of hydrogen-bond acceptors (Lipinski definition) is 4. The Hall–Kier alpha value is -2.09. The molecule has 17 heavy (non-hydrogen) atoms. The van der Waals surface area contributed by atoms with Crippen molar-refractivity contribution in [1.82, 2.24) is 4.98 Å². The summed E-state index contributed by atoms with van der Waals surface area (Å²) in [7, 11) is 0. The highest BCUT2D eigenvalue weighted by molar-refractivity contribution is 5.59. The molecule has 0 radical (unpaired) electrons. The summed E-state index contributed by atoms with van der Waals surface area (Å²) in [6.45, 7) is 2.34. The van der Waals surface area contributed by atoms with Gasteiger partial charge in [0, 0.05) is 24.7 Å². The van der Waals surface area contributed by atoms with Crippen LogP contribution in [0.15, 0.2) is 12.3 Å². The quantitative estimate of drug-likeness (QED) is 0.355. The highest BCUT2D eigenvalue weighted by atomic mass is 16.6. The highest BCUT2D eigenvalue weighted by Crippen LogP contribution is 2.25. The van der Waals surface area contributed by atoms with E-state index in [0.29, 0.717) is 17.9 Å². The number of aryl methyl sites for hydroxylation is 1. The molecule has 0 unspecified atom stereocenters. The summed E-state index contributed by atoms with van der Waals surface area (Å²) >= 11 is 0. The molecule has 0 aliphatic carbocycles. The minimum Gasteiger partial charge on any atom is -0.364 e. The Kier molecular flexibility index (Phi) is 4.95. The summed E-state index contributed by atoms with van der Waals surface area (Å²) in [5.41, 5.74) is 0.653. The van der Waals surface area contributed by atoms with Gasteiger partial charge in [0.05, 0.1) is 4.92 Å². The number of pyridine rings is 1. The van der Waals surface area contributed by atoms with E-state index < -0.39 is 4.92 Å². The molecular weight excluding hydrogens is 218 g/mol. The van der Waals surface area contributed by atoms with Crippen molar-refractivity contribution in [3.8, 4) is 12.3 Å². The van der Waals surface area contributed by atoms with E-state index in [-0.39, 0.29) is 5.69 Å². The Bertz CT molecular complexity index is 438. The molecule has 0 fully saturated rings. The van der Waals surface area contributed by atoms with Gasteiger partial charge in [0.25, 0.3) is 0 Å². The molecule has 0 saturated heterocycles. The van der Waals surface area contributed by atoms with Gasteiger partial charge in [0.2, 0.25) is 5.82 Å². The fourth-order valence-electron chi connectivity index (χ4n) is 1.47. The Morgan fingerprint density at radius 2 is 2.35 bits per heavy atom. The van der Waals surface area contributed by atoms with Crippen molar-refractivity contribution < 1.29 is 4.92 Å². The first kappa shape index (κ1) is 13.0. The van der Waals surface area contributed by atoms with Crippen LogP contribution in [0.1, 0.15) is 24.8 Å². The lowest BCUT2D eigenvalue weighted by molar-refractivity contribution is -0.384. The van der Waals surface area contributed by atoms with Gasteiger partial charge >= 0.3 is 5.69 Å². The number of aromatic nitrogens is 1. The smallest absolute Gasteiger partial charge is 0.314 e. The maximum absolute atomic E-state index is 10.9. The molecule has 1 rings (SSSR count). The molecule has 5 nitrogen and oxygen atoms in total. The molecule has 0 saturated carbocycles. The van der Waals surface area contributed by atoms with Gasteiger partial charge in [-0.1, -0.05) is 0 Å². The van der Waals surface area contributed by atoms with E-state index in [1.165, 1.54) is 0 Å². The van der Waals surface area contributed by atoms with Gasteiger partial charge in [-0.3, -0.25) is 10.1 Å². The van der Waals surface area contributed by atoms with Crippen LogP contribution in [0, 0.1) is 29.4 Å². The van der Waals surface area contributed by atoms with Gasteiger partial charge < -0.3 is 5.32 Å². The molecule has 1 aromatic heterocycles. The van der Waals surface area contributed by atoms with Crippen LogP contribution in [0.2, 0.25) is 0 Å². The largest absolute Gasteiger partial charge is 0.364 e. The summed E-state index contributed by atoms with van der Waals surface area (Å²) in [4.78, 5) is 14.5. The summed E-state index contributed by atoms with van der Waals surface area (Å²) in [5, 5.41) is 13.8. The lowest BCUT2D eigenvalue weighted by Gasteiger charge is -2.06. The monoisotopic (exact) mass is 233 g/mol. The van der Waals surface area contributed by atoms with E-state index in [9.17, 15) is 10.1 Å². The minimum atomic E-state index is -0.411. The third-order valence-electron chi connectivity index (χ3n) is 2.35.